The summed E-state index contributed by atoms with van der Waals surface area (Å²) < 4.78 is 22.4. The molecule has 1 amide bonds. The first-order valence-corrected chi connectivity index (χ1v) is 7.19. The molecule has 0 aromatic carbocycles. The Bertz CT molecular complexity index is 482. The van der Waals surface area contributed by atoms with Crippen molar-refractivity contribution in [3.05, 3.63) is 12.2 Å². The summed E-state index contributed by atoms with van der Waals surface area (Å²) in [6.07, 6.45) is 2.20. The lowest BCUT2D eigenvalue weighted by molar-refractivity contribution is -0.122. The third kappa shape index (κ3) is 3.52. The van der Waals surface area contributed by atoms with Crippen LogP contribution in [0.4, 0.5) is 0 Å². The molecule has 17 heavy (non-hydrogen) atoms. The van der Waals surface area contributed by atoms with Crippen molar-refractivity contribution in [3.8, 4) is 0 Å². The van der Waals surface area contributed by atoms with Gasteiger partial charge in [-0.1, -0.05) is 0 Å². The molecule has 2 rings (SSSR count). The topological polar surface area (TPSA) is 105 Å². The number of rotatable bonds is 4. The van der Waals surface area contributed by atoms with Crippen LogP contribution in [0.15, 0.2) is 6.33 Å². The summed E-state index contributed by atoms with van der Waals surface area (Å²) in [6, 6.07) is 0. The summed E-state index contributed by atoms with van der Waals surface area (Å²) in [5.74, 6) is 0.714. The lowest BCUT2D eigenvalue weighted by atomic mass is 10.1. The normalized spacial score (nSPS) is 22.5. The third-order valence-electron chi connectivity index (χ3n) is 2.72. The Morgan fingerprint density at radius 2 is 2.41 bits per heavy atom. The maximum absolute atomic E-state index is 11.5. The number of carbonyl (C=O) groups excluding carboxylic acids is 1. The van der Waals surface area contributed by atoms with Gasteiger partial charge in [-0.2, -0.15) is 5.10 Å². The molecular weight excluding hydrogens is 244 g/mol. The maximum atomic E-state index is 11.5. The molecule has 0 bridgehead atoms. The average Bonchev–Trinajstić information content (AvgIpc) is 2.85. The van der Waals surface area contributed by atoms with Gasteiger partial charge in [-0.15, -0.1) is 0 Å². The highest BCUT2D eigenvalue weighted by atomic mass is 32.2. The summed E-state index contributed by atoms with van der Waals surface area (Å²) in [7, 11) is -2.91. The van der Waals surface area contributed by atoms with Crippen LogP contribution in [-0.4, -0.2) is 41.0 Å². The van der Waals surface area contributed by atoms with E-state index < -0.39 is 9.84 Å². The highest BCUT2D eigenvalue weighted by Gasteiger charge is 2.29. The van der Waals surface area contributed by atoms with Crippen LogP contribution in [0.5, 0.6) is 0 Å². The molecule has 0 saturated carbocycles. The number of amides is 1. The Kier molecular flexibility index (Phi) is 3.41. The summed E-state index contributed by atoms with van der Waals surface area (Å²) in [4.78, 5) is 15.4. The van der Waals surface area contributed by atoms with E-state index in [1.54, 1.807) is 0 Å². The van der Waals surface area contributed by atoms with Crippen LogP contribution >= 0.6 is 0 Å². The van der Waals surface area contributed by atoms with Crippen molar-refractivity contribution in [2.24, 2.45) is 5.92 Å². The van der Waals surface area contributed by atoms with Crippen molar-refractivity contribution in [1.82, 2.24) is 20.5 Å². The Hall–Kier alpha value is -1.44. The maximum Gasteiger partial charge on any atom is 0.220 e. The highest BCUT2D eigenvalue weighted by Crippen LogP contribution is 2.21. The average molecular weight is 258 g/mol. The molecule has 1 unspecified atom stereocenters. The summed E-state index contributed by atoms with van der Waals surface area (Å²) in [5, 5.41) is 8.96. The van der Waals surface area contributed by atoms with Gasteiger partial charge in [-0.05, 0) is 12.3 Å². The van der Waals surface area contributed by atoms with Crippen LogP contribution in [0.3, 0.4) is 0 Å². The van der Waals surface area contributed by atoms with E-state index in [2.05, 4.69) is 20.5 Å². The van der Waals surface area contributed by atoms with Crippen molar-refractivity contribution >= 4 is 15.7 Å². The second kappa shape index (κ2) is 4.82. The van der Waals surface area contributed by atoms with E-state index in [0.717, 1.165) is 0 Å². The van der Waals surface area contributed by atoms with Crippen molar-refractivity contribution in [2.75, 3.05) is 11.5 Å². The summed E-state index contributed by atoms with van der Waals surface area (Å²) >= 11 is 0. The van der Waals surface area contributed by atoms with E-state index in [9.17, 15) is 13.2 Å². The highest BCUT2D eigenvalue weighted by molar-refractivity contribution is 7.91. The molecule has 0 radical (unpaired) electrons. The monoisotopic (exact) mass is 258 g/mol. The Morgan fingerprint density at radius 1 is 1.59 bits per heavy atom. The van der Waals surface area contributed by atoms with Gasteiger partial charge in [-0.3, -0.25) is 9.89 Å². The molecule has 1 aromatic heterocycles. The number of H-pyrrole nitrogens is 1. The van der Waals surface area contributed by atoms with E-state index in [1.165, 1.54) is 6.33 Å². The van der Waals surface area contributed by atoms with Gasteiger partial charge in [-0.25, -0.2) is 13.4 Å². The number of carbonyl (C=O) groups is 1. The fourth-order valence-corrected chi connectivity index (χ4v) is 3.73. The number of hydrogen-bond donors (Lipinski definition) is 2. The first kappa shape index (κ1) is 12.0. The van der Waals surface area contributed by atoms with Gasteiger partial charge >= 0.3 is 0 Å². The van der Waals surface area contributed by atoms with E-state index in [1.807, 2.05) is 0 Å². The molecule has 1 saturated heterocycles. The van der Waals surface area contributed by atoms with Gasteiger partial charge in [0.05, 0.1) is 18.1 Å². The second-order valence-corrected chi connectivity index (χ2v) is 6.41. The molecule has 8 heteroatoms. The summed E-state index contributed by atoms with van der Waals surface area (Å²) in [5.41, 5.74) is 0. The van der Waals surface area contributed by atoms with Crippen LogP contribution in [0.25, 0.3) is 0 Å². The van der Waals surface area contributed by atoms with Crippen molar-refractivity contribution in [1.29, 1.82) is 0 Å². The van der Waals surface area contributed by atoms with Gasteiger partial charge < -0.3 is 5.32 Å². The lowest BCUT2D eigenvalue weighted by Crippen LogP contribution is -2.26. The second-order valence-electron chi connectivity index (χ2n) is 4.18. The van der Waals surface area contributed by atoms with Crippen molar-refractivity contribution < 1.29 is 13.2 Å². The van der Waals surface area contributed by atoms with Gasteiger partial charge in [0.15, 0.2) is 9.84 Å². The molecular formula is C9H14N4O3S. The van der Waals surface area contributed by atoms with Crippen LogP contribution in [0.1, 0.15) is 18.7 Å². The fraction of sp³-hybridized carbons (Fsp3) is 0.667. The molecule has 1 aromatic rings. The molecule has 0 spiro atoms. The van der Waals surface area contributed by atoms with E-state index in [4.69, 9.17) is 0 Å². The lowest BCUT2D eigenvalue weighted by Gasteiger charge is -2.07. The van der Waals surface area contributed by atoms with Gasteiger partial charge in [0, 0.05) is 6.42 Å². The first-order valence-electron chi connectivity index (χ1n) is 5.36. The fourth-order valence-electron chi connectivity index (χ4n) is 1.87. The van der Waals surface area contributed by atoms with Gasteiger partial charge in [0.1, 0.15) is 12.2 Å². The van der Waals surface area contributed by atoms with Crippen LogP contribution in [0, 0.1) is 5.92 Å². The number of aromatic nitrogens is 3. The van der Waals surface area contributed by atoms with E-state index >= 15 is 0 Å². The molecule has 2 heterocycles. The molecule has 0 aliphatic carbocycles. The SMILES string of the molecule is O=C(CC1CCS(=O)(=O)C1)NCc1ncn[nH]1. The molecule has 1 fully saturated rings. The van der Waals surface area contributed by atoms with Gasteiger partial charge in [0.2, 0.25) is 5.91 Å². The number of nitrogens with zero attached hydrogens (tertiary/aromatic N) is 2. The molecule has 1 aliphatic heterocycles. The summed E-state index contributed by atoms with van der Waals surface area (Å²) in [6.45, 7) is 0.290. The predicted octanol–water partition coefficient (Wildman–Crippen LogP) is -0.754. The first-order chi connectivity index (χ1) is 8.05. The Balaban J connectivity index is 1.75. The molecule has 2 N–H and O–H groups in total. The number of nitrogens with one attached hydrogen (secondary N) is 2. The minimum Gasteiger partial charge on any atom is -0.349 e. The molecule has 1 aliphatic rings. The van der Waals surface area contributed by atoms with Crippen molar-refractivity contribution in [2.45, 2.75) is 19.4 Å². The van der Waals surface area contributed by atoms with Crippen molar-refractivity contribution in [3.63, 3.8) is 0 Å². The molecule has 94 valence electrons. The zero-order chi connectivity index (χ0) is 12.3. The number of sulfone groups is 1. The predicted molar refractivity (Wildman–Crippen MR) is 59.6 cm³/mol. The molecule has 1 atom stereocenters. The van der Waals surface area contributed by atoms with E-state index in [-0.39, 0.29) is 36.3 Å². The van der Waals surface area contributed by atoms with Crippen LogP contribution < -0.4 is 5.32 Å². The largest absolute Gasteiger partial charge is 0.349 e. The molecule has 7 nitrogen and oxygen atoms in total. The Labute approximate surface area is 98.9 Å². The smallest absolute Gasteiger partial charge is 0.220 e. The quantitative estimate of drug-likeness (QED) is 0.739. The zero-order valence-corrected chi connectivity index (χ0v) is 10.0. The minimum atomic E-state index is -2.91. The zero-order valence-electron chi connectivity index (χ0n) is 9.22. The van der Waals surface area contributed by atoms with E-state index in [0.29, 0.717) is 12.2 Å². The number of aromatic amines is 1. The Morgan fingerprint density at radius 3 is 3.00 bits per heavy atom. The third-order valence-corrected chi connectivity index (χ3v) is 4.56. The van der Waals surface area contributed by atoms with Crippen LogP contribution in [0.2, 0.25) is 0 Å². The number of hydrogen-bond acceptors (Lipinski definition) is 5. The van der Waals surface area contributed by atoms with Gasteiger partial charge in [0.25, 0.3) is 0 Å². The van der Waals surface area contributed by atoms with Crippen LogP contribution in [-0.2, 0) is 21.2 Å². The minimum absolute atomic E-state index is 0.0465. The standard InChI is InChI=1S/C9H14N4O3S/c14-9(10-4-8-11-6-12-13-8)3-7-1-2-17(15,16)5-7/h6-7H,1-5H2,(H,10,14)(H,11,12,13).